The van der Waals surface area contributed by atoms with E-state index >= 15 is 0 Å². The number of unbranched alkanes of at least 4 members (excludes halogenated alkanes) is 1. The smallest absolute Gasteiger partial charge is 0.326 e. The number of aromatic nitrogens is 2. The number of aromatic amines is 1. The van der Waals surface area contributed by atoms with Crippen LogP contribution in [0.2, 0.25) is 0 Å². The molecule has 1 rings (SSSR count). The van der Waals surface area contributed by atoms with Gasteiger partial charge in [0.1, 0.15) is 12.1 Å². The van der Waals surface area contributed by atoms with E-state index in [2.05, 4.69) is 20.6 Å². The fourth-order valence-electron chi connectivity index (χ4n) is 2.58. The van der Waals surface area contributed by atoms with Gasteiger partial charge in [-0.15, -0.1) is 0 Å². The van der Waals surface area contributed by atoms with Crippen LogP contribution in [-0.2, 0) is 25.6 Å². The predicted molar refractivity (Wildman–Crippen MR) is 103 cm³/mol. The van der Waals surface area contributed by atoms with Gasteiger partial charge in [0.2, 0.25) is 17.7 Å². The number of hydrogen-bond acceptors (Lipinski definition) is 7. The Morgan fingerprint density at radius 3 is 2.34 bits per heavy atom. The highest BCUT2D eigenvalue weighted by atomic mass is 16.4. The second-order valence-electron chi connectivity index (χ2n) is 6.64. The summed E-state index contributed by atoms with van der Waals surface area (Å²) in [6, 6.07) is -3.22. The highest BCUT2D eigenvalue weighted by Gasteiger charge is 2.28. The summed E-state index contributed by atoms with van der Waals surface area (Å²) < 4.78 is 0. The minimum absolute atomic E-state index is 0.154. The quantitative estimate of drug-likeness (QED) is 0.165. The molecule has 0 bridgehead atoms. The minimum Gasteiger partial charge on any atom is -0.480 e. The van der Waals surface area contributed by atoms with Crippen molar-refractivity contribution in [1.82, 2.24) is 20.6 Å². The average molecular weight is 411 g/mol. The molecule has 0 unspecified atom stereocenters. The fraction of sp³-hybridized carbons (Fsp3) is 0.588. The third-order valence-electron chi connectivity index (χ3n) is 4.21. The molecule has 1 aromatic heterocycles. The molecule has 10 N–H and O–H groups in total. The Balaban J connectivity index is 2.75. The number of nitrogens with two attached hydrogens (primary N) is 3. The van der Waals surface area contributed by atoms with Crippen LogP contribution in [0.15, 0.2) is 12.5 Å². The highest BCUT2D eigenvalue weighted by Crippen LogP contribution is 2.05. The third-order valence-corrected chi connectivity index (χ3v) is 4.21. The molecule has 0 saturated carbocycles. The number of carboxylic acid groups (broad SMARTS) is 1. The number of H-pyrrole nitrogens is 1. The Bertz CT molecular complexity index is 680. The molecule has 0 fully saturated rings. The van der Waals surface area contributed by atoms with E-state index in [1.165, 1.54) is 12.5 Å². The van der Waals surface area contributed by atoms with Gasteiger partial charge in [0.15, 0.2) is 0 Å². The van der Waals surface area contributed by atoms with Gasteiger partial charge >= 0.3 is 5.97 Å². The fourth-order valence-corrected chi connectivity index (χ4v) is 2.58. The molecule has 29 heavy (non-hydrogen) atoms. The van der Waals surface area contributed by atoms with Gasteiger partial charge < -0.3 is 37.9 Å². The van der Waals surface area contributed by atoms with E-state index in [9.17, 15) is 24.3 Å². The van der Waals surface area contributed by atoms with Crippen LogP contribution in [0.1, 0.15) is 37.8 Å². The third kappa shape index (κ3) is 9.17. The van der Waals surface area contributed by atoms with Crippen LogP contribution in [0.3, 0.4) is 0 Å². The van der Waals surface area contributed by atoms with Crippen molar-refractivity contribution in [3.8, 4) is 0 Å². The Kier molecular flexibility index (Phi) is 10.3. The van der Waals surface area contributed by atoms with Crippen molar-refractivity contribution < 1.29 is 24.3 Å². The zero-order valence-electron chi connectivity index (χ0n) is 16.1. The summed E-state index contributed by atoms with van der Waals surface area (Å²) in [6.07, 6.45) is 4.27. The van der Waals surface area contributed by atoms with Crippen LogP contribution in [-0.4, -0.2) is 63.4 Å². The van der Waals surface area contributed by atoms with E-state index in [0.717, 1.165) is 0 Å². The zero-order valence-corrected chi connectivity index (χ0v) is 16.1. The van der Waals surface area contributed by atoms with Crippen molar-refractivity contribution >= 4 is 23.7 Å². The van der Waals surface area contributed by atoms with Gasteiger partial charge in [0.05, 0.1) is 12.4 Å². The van der Waals surface area contributed by atoms with Gasteiger partial charge in [-0.3, -0.25) is 14.4 Å². The van der Waals surface area contributed by atoms with E-state index in [-0.39, 0.29) is 25.7 Å². The monoisotopic (exact) mass is 411 g/mol. The lowest BCUT2D eigenvalue weighted by atomic mass is 10.1. The first kappa shape index (κ1) is 24.0. The van der Waals surface area contributed by atoms with Crippen molar-refractivity contribution in [3.05, 3.63) is 18.2 Å². The molecule has 3 amide bonds. The van der Waals surface area contributed by atoms with Crippen molar-refractivity contribution in [2.75, 3.05) is 6.54 Å². The van der Waals surface area contributed by atoms with Gasteiger partial charge in [-0.2, -0.15) is 0 Å². The Morgan fingerprint density at radius 1 is 1.10 bits per heavy atom. The lowest BCUT2D eigenvalue weighted by Crippen LogP contribution is -2.54. The largest absolute Gasteiger partial charge is 0.480 e. The van der Waals surface area contributed by atoms with Gasteiger partial charge in [0, 0.05) is 24.7 Å². The number of hydrogen-bond donors (Lipinski definition) is 7. The molecule has 3 atom stereocenters. The molecule has 0 aliphatic heterocycles. The zero-order chi connectivity index (χ0) is 21.8. The molecule has 12 nitrogen and oxygen atoms in total. The second kappa shape index (κ2) is 12.5. The van der Waals surface area contributed by atoms with Crippen LogP contribution in [0.4, 0.5) is 0 Å². The molecule has 12 heteroatoms. The van der Waals surface area contributed by atoms with Crippen LogP contribution < -0.4 is 27.8 Å². The number of rotatable bonds is 14. The molecule has 1 aromatic rings. The van der Waals surface area contributed by atoms with Gasteiger partial charge in [-0.25, -0.2) is 9.78 Å². The number of amides is 3. The molecule has 0 radical (unpaired) electrons. The molecular formula is C17H29N7O5. The van der Waals surface area contributed by atoms with Crippen LogP contribution in [0, 0.1) is 0 Å². The summed E-state index contributed by atoms with van der Waals surface area (Å²) in [6.45, 7) is 0.415. The summed E-state index contributed by atoms with van der Waals surface area (Å²) in [5, 5.41) is 14.1. The topological polar surface area (TPSA) is 219 Å². The number of aliphatic carboxylic acids is 1. The maximum atomic E-state index is 12.6. The number of carbonyl (C=O) groups is 4. The first-order chi connectivity index (χ1) is 13.7. The Labute approximate surface area is 168 Å². The summed E-state index contributed by atoms with van der Waals surface area (Å²) in [5.74, 6) is -3.22. The molecule has 1 heterocycles. The molecule has 0 aliphatic rings. The van der Waals surface area contributed by atoms with Gasteiger partial charge in [0.25, 0.3) is 0 Å². The predicted octanol–water partition coefficient (Wildman–Crippen LogP) is -2.27. The summed E-state index contributed by atoms with van der Waals surface area (Å²) in [5.41, 5.74) is 17.0. The average Bonchev–Trinajstić information content (AvgIpc) is 3.16. The van der Waals surface area contributed by atoms with Gasteiger partial charge in [-0.05, 0) is 32.2 Å². The van der Waals surface area contributed by atoms with Gasteiger partial charge in [-0.1, -0.05) is 0 Å². The number of primary amides is 1. The lowest BCUT2D eigenvalue weighted by molar-refractivity contribution is -0.142. The first-order valence-corrected chi connectivity index (χ1v) is 9.29. The van der Waals surface area contributed by atoms with E-state index in [4.69, 9.17) is 17.2 Å². The van der Waals surface area contributed by atoms with Crippen LogP contribution >= 0.6 is 0 Å². The van der Waals surface area contributed by atoms with Crippen LogP contribution in [0.5, 0.6) is 0 Å². The minimum atomic E-state index is -1.30. The SMILES string of the molecule is NCCCC[C@H](NC(=O)[C@@H](N)Cc1cnc[nH]1)C(=O)N[C@@H](CCC(N)=O)C(=O)O. The second-order valence-corrected chi connectivity index (χ2v) is 6.64. The Morgan fingerprint density at radius 2 is 1.79 bits per heavy atom. The van der Waals surface area contributed by atoms with Crippen molar-refractivity contribution in [1.29, 1.82) is 0 Å². The van der Waals surface area contributed by atoms with Crippen molar-refractivity contribution in [2.45, 2.75) is 56.7 Å². The maximum absolute atomic E-state index is 12.6. The number of imidazole rings is 1. The molecule has 0 saturated heterocycles. The lowest BCUT2D eigenvalue weighted by Gasteiger charge is -2.22. The first-order valence-electron chi connectivity index (χ1n) is 9.29. The molecule has 0 aliphatic carbocycles. The standard InChI is InChI=1S/C17H29N7O5/c18-6-2-1-3-12(16(27)24-13(17(28)29)4-5-14(20)25)23-15(26)11(19)7-10-8-21-9-22-10/h8-9,11-13H,1-7,18-19H2,(H2,20,25)(H,21,22)(H,23,26)(H,24,27)(H,28,29)/t11-,12-,13-/m0/s1. The normalized spacial score (nSPS) is 13.9. The van der Waals surface area contributed by atoms with Crippen molar-refractivity contribution in [2.24, 2.45) is 17.2 Å². The Hall–Kier alpha value is -2.99. The number of nitrogens with zero attached hydrogens (tertiary/aromatic N) is 1. The molecule has 0 spiro atoms. The van der Waals surface area contributed by atoms with E-state index in [0.29, 0.717) is 25.1 Å². The molecule has 0 aromatic carbocycles. The number of nitrogens with one attached hydrogen (secondary N) is 3. The van der Waals surface area contributed by atoms with E-state index in [1.54, 1.807) is 0 Å². The van der Waals surface area contributed by atoms with Crippen molar-refractivity contribution in [3.63, 3.8) is 0 Å². The molecule has 162 valence electrons. The number of carboxylic acids is 1. The van der Waals surface area contributed by atoms with E-state index in [1.807, 2.05) is 0 Å². The molecular weight excluding hydrogens is 382 g/mol. The summed E-state index contributed by atoms with van der Waals surface area (Å²) in [4.78, 5) is 53.9. The summed E-state index contributed by atoms with van der Waals surface area (Å²) >= 11 is 0. The summed E-state index contributed by atoms with van der Waals surface area (Å²) in [7, 11) is 0. The number of carbonyl (C=O) groups excluding carboxylic acids is 3. The van der Waals surface area contributed by atoms with E-state index < -0.39 is 41.8 Å². The van der Waals surface area contributed by atoms with Crippen LogP contribution in [0.25, 0.3) is 0 Å². The highest BCUT2D eigenvalue weighted by molar-refractivity contribution is 5.92. The maximum Gasteiger partial charge on any atom is 0.326 e.